The number of nitrogens with one attached hydrogen (secondary N) is 1. The van der Waals surface area contributed by atoms with E-state index in [0.29, 0.717) is 6.54 Å². The molecule has 162 valence electrons. The Morgan fingerprint density at radius 2 is 1.35 bits per heavy atom. The molecule has 0 saturated carbocycles. The molecule has 0 saturated heterocycles. The van der Waals surface area contributed by atoms with Gasteiger partial charge in [0.05, 0.1) is 0 Å². The molecular formula is C26H26F3NO. The Bertz CT molecular complexity index is 894. The van der Waals surface area contributed by atoms with E-state index < -0.39 is 6.36 Å². The van der Waals surface area contributed by atoms with E-state index in [1.807, 2.05) is 12.1 Å². The van der Waals surface area contributed by atoms with Crippen molar-refractivity contribution in [3.63, 3.8) is 0 Å². The van der Waals surface area contributed by atoms with E-state index in [2.05, 4.69) is 64.7 Å². The first-order valence-corrected chi connectivity index (χ1v) is 10.4. The first-order valence-electron chi connectivity index (χ1n) is 10.4. The molecule has 0 spiro atoms. The van der Waals surface area contributed by atoms with Crippen LogP contribution in [0.25, 0.3) is 5.57 Å². The molecule has 0 amide bonds. The zero-order chi connectivity index (χ0) is 21.9. The number of rotatable bonds is 10. The molecule has 0 unspecified atom stereocenters. The maximum Gasteiger partial charge on any atom is 0.573 e. The summed E-state index contributed by atoms with van der Waals surface area (Å²) >= 11 is 0. The third kappa shape index (κ3) is 7.95. The summed E-state index contributed by atoms with van der Waals surface area (Å²) in [5.41, 5.74) is 4.59. The molecule has 0 bridgehead atoms. The molecule has 0 aliphatic rings. The van der Waals surface area contributed by atoms with Gasteiger partial charge in [-0.15, -0.1) is 13.2 Å². The van der Waals surface area contributed by atoms with Crippen LogP contribution in [-0.4, -0.2) is 12.9 Å². The molecule has 0 atom stereocenters. The van der Waals surface area contributed by atoms with E-state index in [9.17, 15) is 13.2 Å². The van der Waals surface area contributed by atoms with Crippen LogP contribution in [-0.2, 0) is 6.54 Å². The number of benzene rings is 3. The van der Waals surface area contributed by atoms with Crippen molar-refractivity contribution in [3.05, 3.63) is 108 Å². The third-order valence-corrected chi connectivity index (χ3v) is 4.81. The van der Waals surface area contributed by atoms with Gasteiger partial charge in [0.25, 0.3) is 0 Å². The van der Waals surface area contributed by atoms with Crippen LogP contribution in [0.15, 0.2) is 91.0 Å². The molecule has 0 aliphatic heterocycles. The van der Waals surface area contributed by atoms with Crippen molar-refractivity contribution >= 4 is 5.57 Å². The molecule has 3 aromatic rings. The molecule has 0 aromatic heterocycles. The maximum atomic E-state index is 12.2. The molecule has 5 heteroatoms. The van der Waals surface area contributed by atoms with Gasteiger partial charge in [0.1, 0.15) is 5.75 Å². The quantitative estimate of drug-likeness (QED) is 0.354. The topological polar surface area (TPSA) is 21.3 Å². The summed E-state index contributed by atoms with van der Waals surface area (Å²) in [7, 11) is 0. The van der Waals surface area contributed by atoms with Gasteiger partial charge in [0, 0.05) is 6.54 Å². The van der Waals surface area contributed by atoms with Gasteiger partial charge in [-0.25, -0.2) is 0 Å². The van der Waals surface area contributed by atoms with E-state index in [1.54, 1.807) is 12.1 Å². The number of allylic oxidation sites excluding steroid dienone is 1. The fraction of sp³-hybridized carbons (Fsp3) is 0.231. The van der Waals surface area contributed by atoms with Gasteiger partial charge < -0.3 is 10.1 Å². The van der Waals surface area contributed by atoms with Crippen LogP contribution in [0.5, 0.6) is 5.75 Å². The fourth-order valence-electron chi connectivity index (χ4n) is 3.32. The van der Waals surface area contributed by atoms with E-state index in [0.717, 1.165) is 31.4 Å². The smallest absolute Gasteiger partial charge is 0.406 e. The largest absolute Gasteiger partial charge is 0.573 e. The van der Waals surface area contributed by atoms with Gasteiger partial charge in [-0.3, -0.25) is 0 Å². The third-order valence-electron chi connectivity index (χ3n) is 4.81. The minimum atomic E-state index is -4.66. The molecule has 0 fully saturated rings. The first kappa shape index (κ1) is 22.6. The van der Waals surface area contributed by atoms with Crippen molar-refractivity contribution in [2.45, 2.75) is 32.2 Å². The van der Waals surface area contributed by atoms with Gasteiger partial charge in [0.2, 0.25) is 0 Å². The van der Waals surface area contributed by atoms with Gasteiger partial charge >= 0.3 is 6.36 Å². The number of alkyl halides is 3. The molecule has 0 aliphatic carbocycles. The van der Waals surface area contributed by atoms with E-state index in [-0.39, 0.29) is 5.75 Å². The lowest BCUT2D eigenvalue weighted by atomic mass is 9.96. The monoisotopic (exact) mass is 425 g/mol. The standard InChI is InChI=1S/C26H26F3NO/c27-26(28,29)31-24-17-15-21(16-18-24)20-30-19-9-3-8-14-25(22-10-4-1-5-11-22)23-12-6-2-7-13-23/h1-2,4-7,10-18,30H,3,8-9,19-20H2. The Labute approximate surface area is 181 Å². The summed E-state index contributed by atoms with van der Waals surface area (Å²) < 4.78 is 40.5. The Hall–Kier alpha value is -3.05. The van der Waals surface area contributed by atoms with E-state index in [4.69, 9.17) is 0 Å². The molecule has 0 heterocycles. The number of ether oxygens (including phenoxy) is 1. The summed E-state index contributed by atoms with van der Waals surface area (Å²) in [6.45, 7) is 1.46. The van der Waals surface area contributed by atoms with Crippen molar-refractivity contribution in [3.8, 4) is 5.75 Å². The summed E-state index contributed by atoms with van der Waals surface area (Å²) in [5.74, 6) is -0.198. The molecule has 31 heavy (non-hydrogen) atoms. The second kappa shape index (κ2) is 11.4. The maximum absolute atomic E-state index is 12.2. The van der Waals surface area contributed by atoms with Crippen LogP contribution in [0.3, 0.4) is 0 Å². The predicted molar refractivity (Wildman–Crippen MR) is 119 cm³/mol. The fourth-order valence-corrected chi connectivity index (χ4v) is 3.32. The normalized spacial score (nSPS) is 11.2. The van der Waals surface area contributed by atoms with Gasteiger partial charge in [-0.2, -0.15) is 0 Å². The lowest BCUT2D eigenvalue weighted by Crippen LogP contribution is -2.17. The van der Waals surface area contributed by atoms with E-state index >= 15 is 0 Å². The molecule has 1 N–H and O–H groups in total. The van der Waals surface area contributed by atoms with Crippen LogP contribution in [0.4, 0.5) is 13.2 Å². The Balaban J connectivity index is 1.43. The first-order chi connectivity index (χ1) is 15.0. The lowest BCUT2D eigenvalue weighted by Gasteiger charge is -2.10. The summed E-state index contributed by atoms with van der Waals surface area (Å²) in [6, 6.07) is 26.7. The van der Waals surface area contributed by atoms with Gasteiger partial charge in [-0.05, 0) is 60.2 Å². The zero-order valence-corrected chi connectivity index (χ0v) is 17.2. The average Bonchev–Trinajstić information content (AvgIpc) is 2.77. The number of halogens is 3. The average molecular weight is 425 g/mol. The molecule has 3 rings (SSSR count). The van der Waals surface area contributed by atoms with Crippen molar-refractivity contribution < 1.29 is 17.9 Å². The SMILES string of the molecule is FC(F)(F)Oc1ccc(CNCCCCC=C(c2ccccc2)c2ccccc2)cc1. The predicted octanol–water partition coefficient (Wildman–Crippen LogP) is 6.98. The van der Waals surface area contributed by atoms with Crippen LogP contribution in [0.2, 0.25) is 0 Å². The van der Waals surface area contributed by atoms with Crippen LogP contribution in [0.1, 0.15) is 36.0 Å². The van der Waals surface area contributed by atoms with Crippen molar-refractivity contribution in [1.82, 2.24) is 5.32 Å². The van der Waals surface area contributed by atoms with Crippen LogP contribution in [0, 0.1) is 0 Å². The number of unbranched alkanes of at least 4 members (excludes halogenated alkanes) is 2. The van der Waals surface area contributed by atoms with E-state index in [1.165, 1.54) is 28.8 Å². The second-order valence-electron chi connectivity index (χ2n) is 7.21. The number of hydrogen-bond acceptors (Lipinski definition) is 2. The van der Waals surface area contributed by atoms with Crippen LogP contribution < -0.4 is 10.1 Å². The van der Waals surface area contributed by atoms with Crippen LogP contribution >= 0.6 is 0 Å². The highest BCUT2D eigenvalue weighted by Crippen LogP contribution is 2.24. The van der Waals surface area contributed by atoms with Crippen molar-refractivity contribution in [1.29, 1.82) is 0 Å². The highest BCUT2D eigenvalue weighted by Gasteiger charge is 2.30. The second-order valence-corrected chi connectivity index (χ2v) is 7.21. The summed E-state index contributed by atoms with van der Waals surface area (Å²) in [4.78, 5) is 0. The molecule has 2 nitrogen and oxygen atoms in total. The zero-order valence-electron chi connectivity index (χ0n) is 17.2. The lowest BCUT2D eigenvalue weighted by molar-refractivity contribution is -0.274. The molecular weight excluding hydrogens is 399 g/mol. The highest BCUT2D eigenvalue weighted by molar-refractivity contribution is 5.79. The molecule has 0 radical (unpaired) electrons. The summed E-state index contributed by atoms with van der Waals surface area (Å²) in [6.07, 6.45) is 0.681. The Morgan fingerprint density at radius 3 is 1.90 bits per heavy atom. The highest BCUT2D eigenvalue weighted by atomic mass is 19.4. The minimum absolute atomic E-state index is 0.198. The Morgan fingerprint density at radius 1 is 0.774 bits per heavy atom. The van der Waals surface area contributed by atoms with Crippen molar-refractivity contribution in [2.24, 2.45) is 0 Å². The minimum Gasteiger partial charge on any atom is -0.406 e. The van der Waals surface area contributed by atoms with Gasteiger partial charge in [0.15, 0.2) is 0 Å². The van der Waals surface area contributed by atoms with Gasteiger partial charge in [-0.1, -0.05) is 78.9 Å². The molecule has 3 aromatic carbocycles. The van der Waals surface area contributed by atoms with Crippen molar-refractivity contribution in [2.75, 3.05) is 6.54 Å². The Kier molecular flexibility index (Phi) is 8.30. The number of hydrogen-bond donors (Lipinski definition) is 1. The summed E-state index contributed by atoms with van der Waals surface area (Å²) in [5, 5.41) is 3.34.